The molecule has 1 fully saturated rings. The minimum absolute atomic E-state index is 0.0247. The van der Waals surface area contributed by atoms with E-state index in [0.717, 1.165) is 24.3 Å². The number of pyridine rings is 1. The van der Waals surface area contributed by atoms with Crippen LogP contribution in [0.1, 0.15) is 25.7 Å². The molecule has 10 heteroatoms. The van der Waals surface area contributed by atoms with Crippen LogP contribution in [0.25, 0.3) is 0 Å². The maximum absolute atomic E-state index is 11.0. The van der Waals surface area contributed by atoms with E-state index in [9.17, 15) is 5.11 Å². The van der Waals surface area contributed by atoms with E-state index >= 15 is 0 Å². The van der Waals surface area contributed by atoms with Gasteiger partial charge in [0.1, 0.15) is 0 Å². The van der Waals surface area contributed by atoms with E-state index in [0.29, 0.717) is 12.3 Å². The van der Waals surface area contributed by atoms with Crippen LogP contribution in [0, 0.1) is 0 Å². The first-order chi connectivity index (χ1) is 11.8. The predicted octanol–water partition coefficient (Wildman–Crippen LogP) is 3.90. The number of aromatic nitrogens is 1. The number of rotatable bonds is 4. The number of anilines is 1. The molecule has 2 aliphatic rings. The highest BCUT2D eigenvalue weighted by Gasteiger charge is 2.57. The van der Waals surface area contributed by atoms with Crippen LogP contribution in [0.4, 0.5) is 5.82 Å². The summed E-state index contributed by atoms with van der Waals surface area (Å²) < 4.78 is 9.20. The van der Waals surface area contributed by atoms with Crippen LogP contribution < -0.4 is 5.01 Å². The molecule has 0 saturated carbocycles. The molecule has 1 aromatic heterocycles. The standard InChI is InChI=1S/C15H17Cl4N3O3/c16-11-4-3-6-20-13(11)22-14(23,15(17,18)19)8-10(21-22)9-25-12-5-1-2-7-24-12/h3-4,6,12,23H,1-2,5,7-9H2. The third kappa shape index (κ3) is 4.16. The highest BCUT2D eigenvalue weighted by molar-refractivity contribution is 6.68. The van der Waals surface area contributed by atoms with Crippen LogP contribution in [0.5, 0.6) is 0 Å². The fraction of sp³-hybridized carbons (Fsp3) is 0.600. The molecule has 3 heterocycles. The van der Waals surface area contributed by atoms with Gasteiger partial charge < -0.3 is 14.6 Å². The van der Waals surface area contributed by atoms with E-state index in [1.807, 2.05) is 0 Å². The molecule has 25 heavy (non-hydrogen) atoms. The number of aliphatic hydroxyl groups is 1. The highest BCUT2D eigenvalue weighted by Crippen LogP contribution is 2.48. The lowest BCUT2D eigenvalue weighted by atomic mass is 10.1. The molecule has 3 rings (SSSR count). The number of halogens is 4. The summed E-state index contributed by atoms with van der Waals surface area (Å²) in [7, 11) is 0. The summed E-state index contributed by atoms with van der Waals surface area (Å²) in [4.78, 5) is 4.14. The zero-order chi connectivity index (χ0) is 18.1. The van der Waals surface area contributed by atoms with Crippen LogP contribution in [-0.4, -0.2) is 44.8 Å². The summed E-state index contributed by atoms with van der Waals surface area (Å²) in [5.41, 5.74) is -1.42. The molecule has 1 N–H and O–H groups in total. The third-order valence-corrected chi connectivity index (χ3v) is 5.21. The van der Waals surface area contributed by atoms with Gasteiger partial charge in [0.2, 0.25) is 9.52 Å². The topological polar surface area (TPSA) is 67.2 Å². The zero-order valence-electron chi connectivity index (χ0n) is 13.2. The van der Waals surface area contributed by atoms with Gasteiger partial charge in [-0.3, -0.25) is 0 Å². The van der Waals surface area contributed by atoms with Crippen molar-refractivity contribution in [3.05, 3.63) is 23.4 Å². The van der Waals surface area contributed by atoms with Gasteiger partial charge >= 0.3 is 0 Å². The number of ether oxygens (including phenoxy) is 2. The Morgan fingerprint density at radius 1 is 1.40 bits per heavy atom. The summed E-state index contributed by atoms with van der Waals surface area (Å²) in [6, 6.07) is 3.27. The van der Waals surface area contributed by atoms with E-state index in [1.165, 1.54) is 6.20 Å². The molecule has 1 saturated heterocycles. The van der Waals surface area contributed by atoms with Crippen molar-refractivity contribution >= 4 is 57.9 Å². The first-order valence-electron chi connectivity index (χ1n) is 7.81. The van der Waals surface area contributed by atoms with Crippen LogP contribution in [-0.2, 0) is 9.47 Å². The monoisotopic (exact) mass is 427 g/mol. The van der Waals surface area contributed by atoms with Gasteiger partial charge in [-0.15, -0.1) is 0 Å². The minimum Gasteiger partial charge on any atom is -0.365 e. The van der Waals surface area contributed by atoms with Gasteiger partial charge in [-0.1, -0.05) is 46.4 Å². The number of hydrogen-bond donors (Lipinski definition) is 1. The van der Waals surface area contributed by atoms with Crippen molar-refractivity contribution in [1.29, 1.82) is 0 Å². The van der Waals surface area contributed by atoms with Crippen molar-refractivity contribution in [2.75, 3.05) is 18.2 Å². The van der Waals surface area contributed by atoms with Crippen molar-refractivity contribution in [1.82, 2.24) is 4.98 Å². The van der Waals surface area contributed by atoms with E-state index in [2.05, 4.69) is 10.1 Å². The molecule has 2 atom stereocenters. The SMILES string of the molecule is OC1(C(Cl)(Cl)Cl)CC(COC2CCCCO2)=NN1c1ncccc1Cl. The average molecular weight is 429 g/mol. The molecule has 0 aliphatic carbocycles. The smallest absolute Gasteiger partial charge is 0.239 e. The Hall–Kier alpha value is -0.340. The van der Waals surface area contributed by atoms with E-state index in [1.54, 1.807) is 12.1 Å². The van der Waals surface area contributed by atoms with Crippen molar-refractivity contribution in [2.24, 2.45) is 5.10 Å². The van der Waals surface area contributed by atoms with E-state index in [-0.39, 0.29) is 30.2 Å². The van der Waals surface area contributed by atoms with E-state index < -0.39 is 9.52 Å². The first-order valence-corrected chi connectivity index (χ1v) is 9.32. The molecule has 0 amide bonds. The quantitative estimate of drug-likeness (QED) is 0.736. The molecule has 0 aromatic carbocycles. The van der Waals surface area contributed by atoms with E-state index in [4.69, 9.17) is 55.9 Å². The maximum atomic E-state index is 11.0. The van der Waals surface area contributed by atoms with Gasteiger partial charge in [-0.25, -0.2) is 9.99 Å². The highest BCUT2D eigenvalue weighted by atomic mass is 35.6. The van der Waals surface area contributed by atoms with Crippen LogP contribution >= 0.6 is 46.4 Å². The molecular weight excluding hydrogens is 412 g/mol. The van der Waals surface area contributed by atoms with Gasteiger partial charge in [0.25, 0.3) is 0 Å². The van der Waals surface area contributed by atoms with Gasteiger partial charge in [-0.2, -0.15) is 5.10 Å². The summed E-state index contributed by atoms with van der Waals surface area (Å²) in [5, 5.41) is 16.8. The van der Waals surface area contributed by atoms with Gasteiger partial charge in [0, 0.05) is 19.2 Å². The molecule has 1 aromatic rings. The normalized spacial score (nSPS) is 27.5. The molecule has 0 bridgehead atoms. The Kier molecular flexibility index (Phi) is 6.00. The zero-order valence-corrected chi connectivity index (χ0v) is 16.2. The summed E-state index contributed by atoms with van der Waals surface area (Å²) in [5.74, 6) is 0.196. The van der Waals surface area contributed by atoms with Crippen molar-refractivity contribution in [3.8, 4) is 0 Å². The molecular formula is C15H17Cl4N3O3. The summed E-state index contributed by atoms with van der Waals surface area (Å²) in [6.07, 6.45) is 4.09. The third-order valence-electron chi connectivity index (χ3n) is 4.01. The summed E-state index contributed by atoms with van der Waals surface area (Å²) >= 11 is 24.2. The fourth-order valence-electron chi connectivity index (χ4n) is 2.71. The fourth-order valence-corrected chi connectivity index (χ4v) is 3.35. The molecule has 0 radical (unpaired) electrons. The molecule has 138 valence electrons. The second-order valence-corrected chi connectivity index (χ2v) is 8.57. The number of nitrogens with zero attached hydrogens (tertiary/aromatic N) is 3. The van der Waals surface area contributed by atoms with Crippen molar-refractivity contribution < 1.29 is 14.6 Å². The Balaban J connectivity index is 1.81. The number of hydrazone groups is 1. The number of alkyl halides is 3. The summed E-state index contributed by atoms with van der Waals surface area (Å²) in [6.45, 7) is 0.819. The molecule has 2 aliphatic heterocycles. The number of hydrogen-bond acceptors (Lipinski definition) is 6. The molecule has 0 spiro atoms. The second-order valence-electron chi connectivity index (χ2n) is 5.89. The lowest BCUT2D eigenvalue weighted by Crippen LogP contribution is -2.53. The van der Waals surface area contributed by atoms with Crippen molar-refractivity contribution in [3.63, 3.8) is 0 Å². The Bertz CT molecular complexity index is 649. The van der Waals surface area contributed by atoms with Gasteiger partial charge in [-0.05, 0) is 31.4 Å². The average Bonchev–Trinajstić information content (AvgIpc) is 2.92. The predicted molar refractivity (Wildman–Crippen MR) is 98.6 cm³/mol. The Labute approximate surface area is 165 Å². The molecule has 2 unspecified atom stereocenters. The van der Waals surface area contributed by atoms with Gasteiger partial charge in [0.05, 0.1) is 17.3 Å². The lowest BCUT2D eigenvalue weighted by molar-refractivity contribution is -0.153. The lowest BCUT2D eigenvalue weighted by Gasteiger charge is -2.37. The Morgan fingerprint density at radius 2 is 2.20 bits per heavy atom. The maximum Gasteiger partial charge on any atom is 0.239 e. The Morgan fingerprint density at radius 3 is 2.84 bits per heavy atom. The van der Waals surface area contributed by atoms with Crippen LogP contribution in [0.3, 0.4) is 0 Å². The minimum atomic E-state index is -2.04. The first kappa shape index (κ1) is 19.4. The van der Waals surface area contributed by atoms with Crippen molar-refractivity contribution in [2.45, 2.75) is 41.5 Å². The largest absolute Gasteiger partial charge is 0.365 e. The van der Waals surface area contributed by atoms with Gasteiger partial charge in [0.15, 0.2) is 12.1 Å². The second kappa shape index (κ2) is 7.72. The molecule has 6 nitrogen and oxygen atoms in total. The van der Waals surface area contributed by atoms with Crippen LogP contribution in [0.15, 0.2) is 23.4 Å². The van der Waals surface area contributed by atoms with Crippen LogP contribution in [0.2, 0.25) is 5.02 Å².